The number of amides is 2. The molecule has 0 spiro atoms. The number of alkyl halides is 5. The third-order valence-electron chi connectivity index (χ3n) is 13.9. The first-order valence-corrected chi connectivity index (χ1v) is 21.1. The normalized spacial score (nSPS) is 26.2. The lowest BCUT2D eigenvalue weighted by atomic mass is 9.43. The minimum Gasteiger partial charge on any atom is -0.404 e. The predicted molar refractivity (Wildman–Crippen MR) is 226 cm³/mol. The van der Waals surface area contributed by atoms with Crippen LogP contribution in [0.1, 0.15) is 86.7 Å². The van der Waals surface area contributed by atoms with Crippen LogP contribution in [-0.4, -0.2) is 57.5 Å². The molecule has 3 aromatic carbocycles. The van der Waals surface area contributed by atoms with E-state index in [4.69, 9.17) is 14.3 Å². The average molecular weight is 869 g/mol. The topological polar surface area (TPSA) is 136 Å². The fraction of sp³-hybridized carbons (Fsp3) is 0.413. The van der Waals surface area contributed by atoms with Crippen molar-refractivity contribution < 1.29 is 40.8 Å². The Labute approximate surface area is 360 Å². The number of rotatable bonds is 11. The summed E-state index contributed by atoms with van der Waals surface area (Å²) in [6.07, 6.45) is -5.99. The number of carbonyl (C=O) groups excluding carboxylic acids is 2. The Kier molecular flexibility index (Phi) is 10.5. The van der Waals surface area contributed by atoms with Gasteiger partial charge in [0, 0.05) is 30.3 Å². The minimum absolute atomic E-state index is 0.00609. The maximum Gasteiger partial charge on any atom is 0.481 e. The highest BCUT2D eigenvalue weighted by Crippen LogP contribution is 2.65. The van der Waals surface area contributed by atoms with E-state index < -0.39 is 72.2 Å². The van der Waals surface area contributed by atoms with Gasteiger partial charge in [0.25, 0.3) is 11.5 Å². The number of aromatic nitrogens is 3. The van der Waals surface area contributed by atoms with Crippen molar-refractivity contribution in [2.75, 3.05) is 5.32 Å². The van der Waals surface area contributed by atoms with E-state index in [0.29, 0.717) is 28.9 Å². The van der Waals surface area contributed by atoms with Crippen LogP contribution in [0, 0.1) is 17.3 Å². The molecule has 1 saturated heterocycles. The van der Waals surface area contributed by atoms with Crippen LogP contribution < -0.4 is 21.5 Å². The maximum absolute atomic E-state index is 14.6. The molecule has 7 atom stereocenters. The number of hydrogen-bond acceptors (Lipinski definition) is 8. The molecule has 17 heteroatoms. The number of carbonyl (C=O) groups is 2. The van der Waals surface area contributed by atoms with Gasteiger partial charge < -0.3 is 25.3 Å². The van der Waals surface area contributed by atoms with Crippen molar-refractivity contribution in [2.24, 2.45) is 17.3 Å². The van der Waals surface area contributed by atoms with Crippen molar-refractivity contribution in [3.05, 3.63) is 124 Å². The van der Waals surface area contributed by atoms with Crippen LogP contribution in [0.15, 0.2) is 95.9 Å². The molecule has 2 aliphatic heterocycles. The molecular formula is C46H46BF5N6O5. The lowest BCUT2D eigenvalue weighted by molar-refractivity contribution is -0.199. The van der Waals surface area contributed by atoms with Gasteiger partial charge in [0.05, 0.1) is 51.7 Å². The highest BCUT2D eigenvalue weighted by Gasteiger charge is 2.68. The molecule has 11 nitrogen and oxygen atoms in total. The number of hydrogen-bond donors (Lipinski definition) is 3. The van der Waals surface area contributed by atoms with Crippen molar-refractivity contribution in [1.29, 1.82) is 0 Å². The highest BCUT2D eigenvalue weighted by molar-refractivity contribution is 6.48. The molecule has 4 fully saturated rings. The minimum atomic E-state index is -4.59. The van der Waals surface area contributed by atoms with Gasteiger partial charge in [0.15, 0.2) is 0 Å². The first-order valence-electron chi connectivity index (χ1n) is 21.1. The zero-order valence-corrected chi connectivity index (χ0v) is 35.0. The standard InChI is InChI=1S/C46H46BF5N6O5/c1-43(2)28-18-35(43)45(4)36(19-28)62-47(63-45)37(21-38(48)49)56-40(60)34-22-44(3,42-54-24-33(41(61)58(34)42)53-23-25-11-10-14-27(17-25)46(50,51)52)57-39(59)30-20-32(26-12-6-5-7-13-26)55-31-16-9-8-15-29(30)31/h5-17,20,24,28,34-38,53H,18-19,21-23H2,1-4H3,(H,56,60)(H,57,59)/t28-,34-,35-,36+,37?,44+,45-/m0/s1. The van der Waals surface area contributed by atoms with Gasteiger partial charge in [-0.3, -0.25) is 19.0 Å². The second-order valence-electron chi connectivity index (χ2n) is 18.2. The van der Waals surface area contributed by atoms with Crippen LogP contribution in [0.4, 0.5) is 27.6 Å². The molecule has 2 bridgehead atoms. The Morgan fingerprint density at radius 1 is 0.968 bits per heavy atom. The molecule has 4 heterocycles. The summed E-state index contributed by atoms with van der Waals surface area (Å²) >= 11 is 0. The Morgan fingerprint density at radius 3 is 2.44 bits per heavy atom. The first kappa shape index (κ1) is 42.6. The van der Waals surface area contributed by atoms with E-state index in [1.165, 1.54) is 18.3 Å². The monoisotopic (exact) mass is 868 g/mol. The van der Waals surface area contributed by atoms with Crippen molar-refractivity contribution in [3.63, 3.8) is 0 Å². The van der Waals surface area contributed by atoms with Crippen LogP contribution in [0.25, 0.3) is 22.2 Å². The zero-order valence-electron chi connectivity index (χ0n) is 35.0. The summed E-state index contributed by atoms with van der Waals surface area (Å²) in [6.45, 7) is 7.70. The van der Waals surface area contributed by atoms with Gasteiger partial charge in [-0.25, -0.2) is 18.7 Å². The van der Waals surface area contributed by atoms with Crippen molar-refractivity contribution >= 4 is 35.5 Å². The molecule has 328 valence electrons. The van der Waals surface area contributed by atoms with Crippen molar-refractivity contribution in [2.45, 2.75) is 102 Å². The number of halogens is 5. The van der Waals surface area contributed by atoms with E-state index in [9.17, 15) is 36.3 Å². The molecule has 1 unspecified atom stereocenters. The fourth-order valence-corrected chi connectivity index (χ4v) is 10.4. The third kappa shape index (κ3) is 7.56. The Hall–Kier alpha value is -5.68. The summed E-state index contributed by atoms with van der Waals surface area (Å²) in [5, 5.41) is 9.19. The van der Waals surface area contributed by atoms with Crippen LogP contribution >= 0.6 is 0 Å². The van der Waals surface area contributed by atoms with Gasteiger partial charge in [-0.2, -0.15) is 13.2 Å². The summed E-state index contributed by atoms with van der Waals surface area (Å²) < 4.78 is 83.1. The predicted octanol–water partition coefficient (Wildman–Crippen LogP) is 8.09. The van der Waals surface area contributed by atoms with Crippen LogP contribution in [0.5, 0.6) is 0 Å². The van der Waals surface area contributed by atoms with Gasteiger partial charge >= 0.3 is 13.3 Å². The molecule has 5 aromatic rings. The average Bonchev–Trinajstić information content (AvgIpc) is 3.77. The molecule has 3 saturated carbocycles. The van der Waals surface area contributed by atoms with Gasteiger partial charge in [-0.15, -0.1) is 0 Å². The molecule has 2 amide bonds. The molecule has 0 radical (unpaired) electrons. The number of fused-ring (bicyclic) bond motifs is 2. The van der Waals surface area contributed by atoms with E-state index in [-0.39, 0.29) is 53.0 Å². The summed E-state index contributed by atoms with van der Waals surface area (Å²) in [6, 6.07) is 21.3. The van der Waals surface area contributed by atoms with E-state index >= 15 is 0 Å². The molecule has 10 rings (SSSR count). The molecular weight excluding hydrogens is 822 g/mol. The molecule has 2 aromatic heterocycles. The van der Waals surface area contributed by atoms with Gasteiger partial charge in [0.1, 0.15) is 17.6 Å². The summed E-state index contributed by atoms with van der Waals surface area (Å²) in [5.74, 6) is -2.15. The van der Waals surface area contributed by atoms with Crippen LogP contribution in [-0.2, 0) is 32.4 Å². The fourth-order valence-electron chi connectivity index (χ4n) is 10.4. The van der Waals surface area contributed by atoms with Crippen molar-refractivity contribution in [3.8, 4) is 11.3 Å². The maximum atomic E-state index is 14.6. The molecule has 63 heavy (non-hydrogen) atoms. The largest absolute Gasteiger partial charge is 0.481 e. The Bertz CT molecular complexity index is 2670. The van der Waals surface area contributed by atoms with E-state index in [1.807, 2.05) is 37.3 Å². The second kappa shape index (κ2) is 15.5. The van der Waals surface area contributed by atoms with Gasteiger partial charge in [-0.1, -0.05) is 74.5 Å². The number of nitrogens with zero attached hydrogens (tertiary/aromatic N) is 3. The highest BCUT2D eigenvalue weighted by atomic mass is 19.4. The van der Waals surface area contributed by atoms with Crippen molar-refractivity contribution in [1.82, 2.24) is 25.2 Å². The lowest BCUT2D eigenvalue weighted by Gasteiger charge is -2.64. The smallest absolute Gasteiger partial charge is 0.404 e. The lowest BCUT2D eigenvalue weighted by Crippen LogP contribution is -2.65. The number of pyridine rings is 1. The molecule has 3 aliphatic carbocycles. The van der Waals surface area contributed by atoms with Crippen LogP contribution in [0.3, 0.4) is 0 Å². The Balaban J connectivity index is 1.05. The zero-order chi connectivity index (χ0) is 44.6. The SMILES string of the molecule is CC1(C)[C@@H]2C[C@H]3OB(C(CC(F)F)NC(=O)[C@@H]4C[C@@](C)(NC(=O)c5cc(-c6ccccc6)nc6ccccc56)c5ncc(NCc6cccc(C(F)(F)F)c6)c(=O)n54)O[C@@]3(C)[C@H]1C2. The van der Waals surface area contributed by atoms with Gasteiger partial charge in [-0.05, 0) is 73.8 Å². The third-order valence-corrected chi connectivity index (χ3v) is 13.9. The number of para-hydroxylation sites is 1. The molecule has 3 N–H and O–H groups in total. The second-order valence-corrected chi connectivity index (χ2v) is 18.2. The number of anilines is 1. The van der Waals surface area contributed by atoms with Crippen LogP contribution in [0.2, 0.25) is 0 Å². The molecule has 5 aliphatic rings. The van der Waals surface area contributed by atoms with E-state index in [2.05, 4.69) is 34.8 Å². The summed E-state index contributed by atoms with van der Waals surface area (Å²) in [7, 11) is -1.20. The number of nitrogens with one attached hydrogen (secondary N) is 3. The number of benzene rings is 3. The van der Waals surface area contributed by atoms with E-state index in [0.717, 1.165) is 28.7 Å². The van der Waals surface area contributed by atoms with Gasteiger partial charge in [0.2, 0.25) is 12.3 Å². The summed E-state index contributed by atoms with van der Waals surface area (Å²) in [4.78, 5) is 53.0. The van der Waals surface area contributed by atoms with E-state index in [1.54, 1.807) is 37.3 Å². The quantitative estimate of drug-likeness (QED) is 0.0896. The first-order chi connectivity index (χ1) is 29.9. The summed E-state index contributed by atoms with van der Waals surface area (Å²) in [5.41, 5.74) is -1.67. The Morgan fingerprint density at radius 2 is 1.71 bits per heavy atom.